The van der Waals surface area contributed by atoms with Crippen LogP contribution in [0, 0.1) is 17.8 Å². The van der Waals surface area contributed by atoms with Crippen LogP contribution in [0.2, 0.25) is 5.02 Å². The van der Waals surface area contributed by atoms with Crippen LogP contribution in [0.15, 0.2) is 49.6 Å². The van der Waals surface area contributed by atoms with E-state index in [1.807, 2.05) is 19.9 Å². The number of amides is 2. The molecule has 3 fully saturated rings. The zero-order valence-electron chi connectivity index (χ0n) is 23.5. The topological polar surface area (TPSA) is 96.4 Å². The Hall–Kier alpha value is -2.68. The zero-order valence-corrected chi connectivity index (χ0v) is 24.2. The summed E-state index contributed by atoms with van der Waals surface area (Å²) in [6.07, 6.45) is 6.80. The number of aliphatic hydroxyl groups excluding tert-OH is 1. The molecular formula is C31H41ClN2O6. The molecule has 1 aromatic carbocycles. The van der Waals surface area contributed by atoms with Gasteiger partial charge >= 0.3 is 5.97 Å². The standard InChI is InChI=1S/C31H41ClN2O6/c1-5-7-8-11-17-39-30(38)25-24-14-15-31(40-24)26(25)28(36)34(21(19-35)18-20(3)4)27(31)29(37)33(16-6-2)23-13-10-9-12-22(23)32/h5-6,9-10,12-13,20-21,24-27,35H,1-2,7-8,11,14-19H2,3-4H3/t21-,24+,25-,26+,27?,31?/m1/s1. The fraction of sp³-hybridized carbons (Fsp3) is 0.581. The molecule has 2 unspecified atom stereocenters. The van der Waals surface area contributed by atoms with Gasteiger partial charge in [-0.1, -0.05) is 49.7 Å². The molecule has 3 saturated heterocycles. The predicted molar refractivity (Wildman–Crippen MR) is 154 cm³/mol. The SMILES string of the molecule is C=CCCCCOC(=O)[C@@H]1[C@@H]2CCC3(O2)C(C(=O)N(CC=C)c2ccccc2Cl)N([C@@H](CO)CC(C)C)C(=O)[C@H]13. The number of carbonyl (C=O) groups excluding carboxylic acids is 3. The van der Waals surface area contributed by atoms with E-state index in [0.717, 1.165) is 12.8 Å². The number of benzene rings is 1. The van der Waals surface area contributed by atoms with E-state index in [2.05, 4.69) is 13.2 Å². The number of aliphatic hydroxyl groups is 1. The molecule has 1 N–H and O–H groups in total. The van der Waals surface area contributed by atoms with E-state index in [1.165, 1.54) is 9.80 Å². The summed E-state index contributed by atoms with van der Waals surface area (Å²) in [5, 5.41) is 10.8. The van der Waals surface area contributed by atoms with Crippen LogP contribution in [-0.2, 0) is 23.9 Å². The van der Waals surface area contributed by atoms with E-state index >= 15 is 0 Å². The van der Waals surface area contributed by atoms with Gasteiger partial charge in [-0.3, -0.25) is 14.4 Å². The third-order valence-electron chi connectivity index (χ3n) is 8.36. The van der Waals surface area contributed by atoms with Gasteiger partial charge in [-0.15, -0.1) is 13.2 Å². The molecule has 6 atom stereocenters. The Morgan fingerprint density at radius 1 is 1.27 bits per heavy atom. The summed E-state index contributed by atoms with van der Waals surface area (Å²) in [5.74, 6) is -2.68. The molecule has 40 heavy (non-hydrogen) atoms. The number of unbranched alkanes of at least 4 members (excludes halogenated alkanes) is 2. The maximum Gasteiger partial charge on any atom is 0.312 e. The van der Waals surface area contributed by atoms with Crippen molar-refractivity contribution in [2.45, 2.75) is 76.2 Å². The van der Waals surface area contributed by atoms with Crippen molar-refractivity contribution >= 4 is 35.1 Å². The van der Waals surface area contributed by atoms with E-state index in [0.29, 0.717) is 36.4 Å². The molecule has 1 aromatic rings. The third kappa shape index (κ3) is 5.46. The summed E-state index contributed by atoms with van der Waals surface area (Å²) in [6.45, 7) is 11.6. The van der Waals surface area contributed by atoms with Crippen molar-refractivity contribution in [3.63, 3.8) is 0 Å². The number of rotatable bonds is 14. The average Bonchev–Trinajstić information content (AvgIpc) is 3.57. The molecule has 0 radical (unpaired) electrons. The number of anilines is 1. The number of nitrogens with zero attached hydrogens (tertiary/aromatic N) is 2. The van der Waals surface area contributed by atoms with Gasteiger partial charge in [-0.05, 0) is 56.6 Å². The molecule has 3 heterocycles. The van der Waals surface area contributed by atoms with Gasteiger partial charge in [0.1, 0.15) is 11.6 Å². The summed E-state index contributed by atoms with van der Waals surface area (Å²) in [7, 11) is 0. The monoisotopic (exact) mass is 572 g/mol. The number of fused-ring (bicyclic) bond motifs is 1. The molecule has 8 nitrogen and oxygen atoms in total. The maximum atomic E-state index is 14.6. The molecule has 4 rings (SSSR count). The van der Waals surface area contributed by atoms with Gasteiger partial charge in [-0.25, -0.2) is 0 Å². The molecule has 2 bridgehead atoms. The van der Waals surface area contributed by atoms with Crippen LogP contribution in [-0.4, -0.2) is 71.3 Å². The number of hydrogen-bond donors (Lipinski definition) is 1. The van der Waals surface area contributed by atoms with E-state index in [-0.39, 0.29) is 37.5 Å². The first-order valence-corrected chi connectivity index (χ1v) is 14.6. The van der Waals surface area contributed by atoms with E-state index in [4.69, 9.17) is 21.1 Å². The van der Waals surface area contributed by atoms with Crippen molar-refractivity contribution in [1.82, 2.24) is 4.90 Å². The lowest BCUT2D eigenvalue weighted by Crippen LogP contribution is -2.59. The summed E-state index contributed by atoms with van der Waals surface area (Å²) >= 11 is 6.52. The lowest BCUT2D eigenvalue weighted by Gasteiger charge is -2.39. The molecular weight excluding hydrogens is 532 g/mol. The number of esters is 1. The highest BCUT2D eigenvalue weighted by Gasteiger charge is 2.75. The van der Waals surface area contributed by atoms with Gasteiger partial charge in [-0.2, -0.15) is 0 Å². The molecule has 0 aliphatic carbocycles. The van der Waals surface area contributed by atoms with Crippen molar-refractivity contribution in [3.05, 3.63) is 54.6 Å². The number of allylic oxidation sites excluding steroid dienone is 1. The van der Waals surface area contributed by atoms with Crippen molar-refractivity contribution < 1.29 is 29.0 Å². The van der Waals surface area contributed by atoms with Crippen LogP contribution in [0.5, 0.6) is 0 Å². The number of halogens is 1. The summed E-state index contributed by atoms with van der Waals surface area (Å²) in [6, 6.07) is 5.37. The Labute approximate surface area is 241 Å². The lowest BCUT2D eigenvalue weighted by molar-refractivity contribution is -0.156. The first-order valence-electron chi connectivity index (χ1n) is 14.3. The Bertz CT molecular complexity index is 1120. The highest BCUT2D eigenvalue weighted by molar-refractivity contribution is 6.34. The Morgan fingerprint density at radius 2 is 2.02 bits per heavy atom. The van der Waals surface area contributed by atoms with Crippen LogP contribution in [0.4, 0.5) is 5.69 Å². The normalized spacial score (nSPS) is 27.5. The lowest BCUT2D eigenvalue weighted by atomic mass is 9.70. The van der Waals surface area contributed by atoms with E-state index in [1.54, 1.807) is 30.3 Å². The summed E-state index contributed by atoms with van der Waals surface area (Å²) < 4.78 is 12.2. The van der Waals surface area contributed by atoms with Gasteiger partial charge in [0, 0.05) is 6.54 Å². The second-order valence-corrected chi connectivity index (χ2v) is 11.8. The third-order valence-corrected chi connectivity index (χ3v) is 8.68. The summed E-state index contributed by atoms with van der Waals surface area (Å²) in [4.78, 5) is 45.3. The summed E-state index contributed by atoms with van der Waals surface area (Å²) in [5.41, 5.74) is -0.704. The number of hydrogen-bond acceptors (Lipinski definition) is 6. The maximum absolute atomic E-state index is 14.6. The minimum Gasteiger partial charge on any atom is -0.465 e. The second-order valence-electron chi connectivity index (χ2n) is 11.4. The number of para-hydroxylation sites is 1. The molecule has 9 heteroatoms. The zero-order chi connectivity index (χ0) is 29.0. The van der Waals surface area contributed by atoms with Crippen LogP contribution < -0.4 is 4.90 Å². The van der Waals surface area contributed by atoms with Crippen molar-refractivity contribution in [2.24, 2.45) is 17.8 Å². The first kappa shape index (κ1) is 30.3. The van der Waals surface area contributed by atoms with Crippen LogP contribution in [0.3, 0.4) is 0 Å². The number of likely N-dealkylation sites (tertiary alicyclic amines) is 1. The number of carbonyl (C=O) groups is 3. The van der Waals surface area contributed by atoms with Gasteiger partial charge in [0.2, 0.25) is 5.91 Å². The van der Waals surface area contributed by atoms with Gasteiger partial charge in [0.15, 0.2) is 0 Å². The fourth-order valence-electron chi connectivity index (χ4n) is 6.77. The van der Waals surface area contributed by atoms with Crippen molar-refractivity contribution in [3.8, 4) is 0 Å². The Balaban J connectivity index is 1.73. The molecule has 2 amide bonds. The Morgan fingerprint density at radius 3 is 2.67 bits per heavy atom. The molecule has 3 aliphatic heterocycles. The highest BCUT2D eigenvalue weighted by atomic mass is 35.5. The minimum atomic E-state index is -1.20. The second kappa shape index (κ2) is 12.9. The predicted octanol–water partition coefficient (Wildman–Crippen LogP) is 4.54. The first-order chi connectivity index (χ1) is 19.2. The van der Waals surface area contributed by atoms with Crippen molar-refractivity contribution in [2.75, 3.05) is 24.7 Å². The van der Waals surface area contributed by atoms with Crippen LogP contribution >= 0.6 is 11.6 Å². The van der Waals surface area contributed by atoms with Crippen LogP contribution in [0.25, 0.3) is 0 Å². The largest absolute Gasteiger partial charge is 0.465 e. The van der Waals surface area contributed by atoms with Gasteiger partial charge in [0.05, 0.1) is 47.9 Å². The molecule has 0 aromatic heterocycles. The van der Waals surface area contributed by atoms with Crippen LogP contribution in [0.1, 0.15) is 52.4 Å². The number of ether oxygens (including phenoxy) is 2. The van der Waals surface area contributed by atoms with Gasteiger partial charge < -0.3 is 24.4 Å². The minimum absolute atomic E-state index is 0.153. The highest BCUT2D eigenvalue weighted by Crippen LogP contribution is 2.59. The van der Waals surface area contributed by atoms with E-state index in [9.17, 15) is 19.5 Å². The molecule has 1 spiro atoms. The molecule has 3 aliphatic rings. The molecule has 0 saturated carbocycles. The smallest absolute Gasteiger partial charge is 0.312 e. The quantitative estimate of drug-likeness (QED) is 0.200. The van der Waals surface area contributed by atoms with Crippen molar-refractivity contribution in [1.29, 1.82) is 0 Å². The average molecular weight is 573 g/mol. The van der Waals surface area contributed by atoms with E-state index < -0.39 is 41.6 Å². The fourth-order valence-corrected chi connectivity index (χ4v) is 7.00. The van der Waals surface area contributed by atoms with Gasteiger partial charge in [0.25, 0.3) is 5.91 Å². The Kier molecular flexibility index (Phi) is 9.75. The molecule has 218 valence electrons.